The molecule has 0 radical (unpaired) electrons. The summed E-state index contributed by atoms with van der Waals surface area (Å²) >= 11 is 0. The third kappa shape index (κ3) is 4.82. The van der Waals surface area contributed by atoms with Crippen LogP contribution in [0.1, 0.15) is 51.5 Å². The molecule has 5 nitrogen and oxygen atoms in total. The second kappa shape index (κ2) is 7.56. The summed E-state index contributed by atoms with van der Waals surface area (Å²) in [7, 11) is -3.81. The lowest BCUT2D eigenvalue weighted by atomic mass is 9.99. The topological polar surface area (TPSA) is 83.5 Å². The van der Waals surface area contributed by atoms with Crippen LogP contribution in [0, 0.1) is 0 Å². The largest absolute Gasteiger partial charge is 0.480 e. The fourth-order valence-corrected chi connectivity index (χ4v) is 3.21. The van der Waals surface area contributed by atoms with Crippen LogP contribution < -0.4 is 4.72 Å². The van der Waals surface area contributed by atoms with Gasteiger partial charge in [-0.25, -0.2) is 8.42 Å². The molecule has 0 saturated heterocycles. The average Bonchev–Trinajstić information content (AvgIpc) is 2.45. The van der Waals surface area contributed by atoms with Gasteiger partial charge in [0, 0.05) is 0 Å². The van der Waals surface area contributed by atoms with Crippen molar-refractivity contribution in [1.29, 1.82) is 0 Å². The standard InChI is InChI=1S/C15H23NO4S/c1-4-6-14(15(17)18)16-21(19,20)13-9-7-12(8-10-13)11(3)5-2/h7-11,14,16H,4-6H2,1-3H3,(H,17,18). The van der Waals surface area contributed by atoms with Crippen LogP contribution in [-0.2, 0) is 14.8 Å². The molecule has 118 valence electrons. The highest BCUT2D eigenvalue weighted by Crippen LogP contribution is 2.20. The molecule has 0 aliphatic carbocycles. The fourth-order valence-electron chi connectivity index (χ4n) is 1.99. The number of carboxylic acids is 1. The smallest absolute Gasteiger partial charge is 0.321 e. The maximum atomic E-state index is 12.2. The number of nitrogens with one attached hydrogen (secondary N) is 1. The summed E-state index contributed by atoms with van der Waals surface area (Å²) in [6, 6.07) is 5.51. The van der Waals surface area contributed by atoms with Crippen molar-refractivity contribution in [1.82, 2.24) is 4.72 Å². The van der Waals surface area contributed by atoms with E-state index in [0.717, 1.165) is 12.0 Å². The van der Waals surface area contributed by atoms with Gasteiger partial charge in [-0.15, -0.1) is 0 Å². The lowest BCUT2D eigenvalue weighted by Gasteiger charge is -2.15. The van der Waals surface area contributed by atoms with E-state index in [0.29, 0.717) is 12.3 Å². The number of hydrogen-bond donors (Lipinski definition) is 2. The molecule has 0 aliphatic rings. The van der Waals surface area contributed by atoms with Gasteiger partial charge in [0.05, 0.1) is 4.90 Å². The van der Waals surface area contributed by atoms with Crippen LogP contribution in [0.2, 0.25) is 0 Å². The zero-order valence-electron chi connectivity index (χ0n) is 12.7. The molecular weight excluding hydrogens is 290 g/mol. The van der Waals surface area contributed by atoms with E-state index in [9.17, 15) is 13.2 Å². The average molecular weight is 313 g/mol. The Bertz CT molecular complexity index is 566. The Morgan fingerprint density at radius 2 is 1.81 bits per heavy atom. The molecule has 0 saturated carbocycles. The van der Waals surface area contributed by atoms with Crippen LogP contribution in [0.4, 0.5) is 0 Å². The second-order valence-electron chi connectivity index (χ2n) is 5.18. The highest BCUT2D eigenvalue weighted by Gasteiger charge is 2.24. The molecule has 2 atom stereocenters. The van der Waals surface area contributed by atoms with Crippen LogP contribution in [0.5, 0.6) is 0 Å². The van der Waals surface area contributed by atoms with E-state index in [1.807, 2.05) is 6.92 Å². The highest BCUT2D eigenvalue weighted by atomic mass is 32.2. The van der Waals surface area contributed by atoms with Gasteiger partial charge in [0.25, 0.3) is 0 Å². The van der Waals surface area contributed by atoms with Gasteiger partial charge >= 0.3 is 5.97 Å². The molecule has 1 rings (SSSR count). The molecule has 0 bridgehead atoms. The molecule has 0 aromatic heterocycles. The third-order valence-corrected chi connectivity index (χ3v) is 5.03. The summed E-state index contributed by atoms with van der Waals surface area (Å²) in [5.74, 6) is -0.793. The Hall–Kier alpha value is -1.40. The molecule has 6 heteroatoms. The molecule has 0 fully saturated rings. The Morgan fingerprint density at radius 1 is 1.24 bits per heavy atom. The monoisotopic (exact) mass is 313 g/mol. The number of rotatable bonds is 8. The molecule has 21 heavy (non-hydrogen) atoms. The van der Waals surface area contributed by atoms with E-state index in [-0.39, 0.29) is 11.3 Å². The number of aliphatic carboxylic acids is 1. The second-order valence-corrected chi connectivity index (χ2v) is 6.89. The first-order chi connectivity index (χ1) is 9.81. The minimum Gasteiger partial charge on any atom is -0.480 e. The number of carbonyl (C=O) groups is 1. The Morgan fingerprint density at radius 3 is 2.24 bits per heavy atom. The van der Waals surface area contributed by atoms with Crippen molar-refractivity contribution in [3.8, 4) is 0 Å². The van der Waals surface area contributed by atoms with Crippen molar-refractivity contribution in [2.75, 3.05) is 0 Å². The SMILES string of the molecule is CCCC(NS(=O)(=O)c1ccc(C(C)CC)cc1)C(=O)O. The molecular formula is C15H23NO4S. The van der Waals surface area contributed by atoms with E-state index >= 15 is 0 Å². The molecule has 1 aromatic rings. The Labute approximate surface area is 126 Å². The predicted molar refractivity (Wildman–Crippen MR) is 81.8 cm³/mol. The van der Waals surface area contributed by atoms with Crippen LogP contribution in [-0.4, -0.2) is 25.5 Å². The summed E-state index contributed by atoms with van der Waals surface area (Å²) in [6.45, 7) is 5.95. The lowest BCUT2D eigenvalue weighted by molar-refractivity contribution is -0.139. The van der Waals surface area contributed by atoms with Gasteiger partial charge in [0.15, 0.2) is 0 Å². The number of hydrogen-bond acceptors (Lipinski definition) is 3. The van der Waals surface area contributed by atoms with E-state index in [1.165, 1.54) is 12.1 Å². The van der Waals surface area contributed by atoms with Gasteiger partial charge in [0.2, 0.25) is 10.0 Å². The van der Waals surface area contributed by atoms with Crippen molar-refractivity contribution in [3.63, 3.8) is 0 Å². The summed E-state index contributed by atoms with van der Waals surface area (Å²) in [5.41, 5.74) is 1.07. The van der Waals surface area contributed by atoms with Crippen molar-refractivity contribution < 1.29 is 18.3 Å². The quantitative estimate of drug-likeness (QED) is 0.773. The summed E-state index contributed by atoms with van der Waals surface area (Å²) in [5, 5.41) is 9.04. The van der Waals surface area contributed by atoms with Crippen LogP contribution in [0.3, 0.4) is 0 Å². The van der Waals surface area contributed by atoms with Crippen molar-refractivity contribution in [2.24, 2.45) is 0 Å². The molecule has 1 aromatic carbocycles. The van der Waals surface area contributed by atoms with E-state index < -0.39 is 22.0 Å². The molecule has 0 aliphatic heterocycles. The van der Waals surface area contributed by atoms with Gasteiger partial charge < -0.3 is 5.11 Å². The van der Waals surface area contributed by atoms with E-state index in [4.69, 9.17) is 5.11 Å². The number of sulfonamides is 1. The van der Waals surface area contributed by atoms with Crippen molar-refractivity contribution >= 4 is 16.0 Å². The van der Waals surface area contributed by atoms with Gasteiger partial charge in [-0.3, -0.25) is 4.79 Å². The molecule has 2 N–H and O–H groups in total. The first-order valence-corrected chi connectivity index (χ1v) is 8.65. The fraction of sp³-hybridized carbons (Fsp3) is 0.533. The van der Waals surface area contributed by atoms with Gasteiger partial charge in [-0.1, -0.05) is 39.3 Å². The molecule has 0 heterocycles. The number of benzene rings is 1. The van der Waals surface area contributed by atoms with E-state index in [2.05, 4.69) is 18.6 Å². The van der Waals surface area contributed by atoms with Crippen LogP contribution in [0.25, 0.3) is 0 Å². The van der Waals surface area contributed by atoms with Crippen LogP contribution in [0.15, 0.2) is 29.2 Å². The normalized spacial score (nSPS) is 14.6. The Kier molecular flexibility index (Phi) is 6.36. The minimum atomic E-state index is -3.81. The first kappa shape index (κ1) is 17.7. The zero-order chi connectivity index (χ0) is 16.0. The summed E-state index contributed by atoms with van der Waals surface area (Å²) < 4.78 is 26.6. The summed E-state index contributed by atoms with van der Waals surface area (Å²) in [4.78, 5) is 11.1. The maximum Gasteiger partial charge on any atom is 0.321 e. The Balaban J connectivity index is 2.94. The van der Waals surface area contributed by atoms with Crippen molar-refractivity contribution in [2.45, 2.75) is 56.9 Å². The predicted octanol–water partition coefficient (Wildman–Crippen LogP) is 2.73. The zero-order valence-corrected chi connectivity index (χ0v) is 13.5. The minimum absolute atomic E-state index is 0.0944. The first-order valence-electron chi connectivity index (χ1n) is 7.16. The molecule has 0 spiro atoms. The molecule has 2 unspecified atom stereocenters. The summed E-state index contributed by atoms with van der Waals surface area (Å²) in [6.07, 6.45) is 1.83. The highest BCUT2D eigenvalue weighted by molar-refractivity contribution is 7.89. The van der Waals surface area contributed by atoms with E-state index in [1.54, 1.807) is 12.1 Å². The molecule has 0 amide bonds. The van der Waals surface area contributed by atoms with Crippen LogP contribution >= 0.6 is 0 Å². The van der Waals surface area contributed by atoms with Crippen molar-refractivity contribution in [3.05, 3.63) is 29.8 Å². The maximum absolute atomic E-state index is 12.2. The van der Waals surface area contributed by atoms with Gasteiger partial charge in [0.1, 0.15) is 6.04 Å². The van der Waals surface area contributed by atoms with Gasteiger partial charge in [-0.05, 0) is 36.5 Å². The number of carboxylic acid groups (broad SMARTS) is 1. The van der Waals surface area contributed by atoms with Gasteiger partial charge in [-0.2, -0.15) is 4.72 Å². The third-order valence-electron chi connectivity index (χ3n) is 3.54. The lowest BCUT2D eigenvalue weighted by Crippen LogP contribution is -2.40.